The summed E-state index contributed by atoms with van der Waals surface area (Å²) in [4.78, 5) is 22.3. The van der Waals surface area contributed by atoms with Crippen LogP contribution < -0.4 is 15.4 Å². The number of ether oxygens (including phenoxy) is 1. The number of amides is 2. The second kappa shape index (κ2) is 6.48. The molecule has 0 fully saturated rings. The maximum Gasteiger partial charge on any atom is 0.326 e. The molecule has 0 spiro atoms. The molecule has 0 aliphatic heterocycles. The Labute approximate surface area is 105 Å². The number of carboxylic acid groups (broad SMARTS) is 1. The van der Waals surface area contributed by atoms with Gasteiger partial charge in [-0.05, 0) is 18.6 Å². The van der Waals surface area contributed by atoms with Gasteiger partial charge in [0.25, 0.3) is 0 Å². The van der Waals surface area contributed by atoms with Crippen molar-refractivity contribution in [2.24, 2.45) is 0 Å². The Morgan fingerprint density at radius 3 is 2.72 bits per heavy atom. The van der Waals surface area contributed by atoms with Crippen molar-refractivity contribution in [3.8, 4) is 5.75 Å². The van der Waals surface area contributed by atoms with Gasteiger partial charge in [-0.15, -0.1) is 0 Å². The van der Waals surface area contributed by atoms with E-state index in [0.717, 1.165) is 0 Å². The smallest absolute Gasteiger partial charge is 0.326 e. The maximum absolute atomic E-state index is 11.6. The standard InChI is InChI=1S/C12H16N2O4/c1-3-10(11(15)16)14-12(17)13-8-5-4-6-9(7-8)18-2/h4-7,10H,3H2,1-2H3,(H,15,16)(H2,13,14,17). The topological polar surface area (TPSA) is 87.7 Å². The van der Waals surface area contributed by atoms with Crippen LogP contribution in [0.2, 0.25) is 0 Å². The summed E-state index contributed by atoms with van der Waals surface area (Å²) < 4.78 is 5.01. The molecule has 1 aromatic rings. The summed E-state index contributed by atoms with van der Waals surface area (Å²) >= 11 is 0. The number of hydrogen-bond acceptors (Lipinski definition) is 3. The van der Waals surface area contributed by atoms with Crippen LogP contribution in [0.4, 0.5) is 10.5 Å². The van der Waals surface area contributed by atoms with E-state index in [4.69, 9.17) is 9.84 Å². The Morgan fingerprint density at radius 2 is 2.17 bits per heavy atom. The Kier molecular flexibility index (Phi) is 4.98. The predicted molar refractivity (Wildman–Crippen MR) is 66.9 cm³/mol. The molecule has 0 radical (unpaired) electrons. The number of carboxylic acids is 1. The number of rotatable bonds is 5. The Balaban J connectivity index is 2.61. The van der Waals surface area contributed by atoms with E-state index in [0.29, 0.717) is 17.9 Å². The molecule has 2 amide bonds. The lowest BCUT2D eigenvalue weighted by Crippen LogP contribution is -2.42. The van der Waals surface area contributed by atoms with Gasteiger partial charge in [-0.2, -0.15) is 0 Å². The number of nitrogens with one attached hydrogen (secondary N) is 2. The van der Waals surface area contributed by atoms with E-state index in [-0.39, 0.29) is 0 Å². The minimum Gasteiger partial charge on any atom is -0.497 e. The number of hydrogen-bond donors (Lipinski definition) is 3. The first-order valence-electron chi connectivity index (χ1n) is 5.51. The summed E-state index contributed by atoms with van der Waals surface area (Å²) in [6, 6.07) is 5.34. The summed E-state index contributed by atoms with van der Waals surface area (Å²) in [6.45, 7) is 1.69. The van der Waals surface area contributed by atoms with Crippen LogP contribution in [0.25, 0.3) is 0 Å². The SMILES string of the molecule is CCC(NC(=O)Nc1cccc(OC)c1)C(=O)O. The van der Waals surface area contributed by atoms with E-state index in [2.05, 4.69) is 10.6 Å². The van der Waals surface area contributed by atoms with E-state index < -0.39 is 18.0 Å². The summed E-state index contributed by atoms with van der Waals surface area (Å²) in [7, 11) is 1.52. The van der Waals surface area contributed by atoms with Crippen molar-refractivity contribution in [1.82, 2.24) is 5.32 Å². The number of aliphatic carboxylic acids is 1. The van der Waals surface area contributed by atoms with Gasteiger partial charge >= 0.3 is 12.0 Å². The highest BCUT2D eigenvalue weighted by Gasteiger charge is 2.17. The van der Waals surface area contributed by atoms with Gasteiger partial charge in [-0.3, -0.25) is 0 Å². The van der Waals surface area contributed by atoms with Crippen molar-refractivity contribution in [2.75, 3.05) is 12.4 Å². The average Bonchev–Trinajstić information content (AvgIpc) is 2.35. The lowest BCUT2D eigenvalue weighted by molar-refractivity contribution is -0.139. The molecule has 1 unspecified atom stereocenters. The number of carbonyl (C=O) groups is 2. The van der Waals surface area contributed by atoms with Crippen LogP contribution in [-0.2, 0) is 4.79 Å². The number of urea groups is 1. The van der Waals surface area contributed by atoms with Crippen LogP contribution in [0.3, 0.4) is 0 Å². The van der Waals surface area contributed by atoms with Gasteiger partial charge < -0.3 is 20.5 Å². The third-order valence-corrected chi connectivity index (χ3v) is 2.34. The molecule has 0 heterocycles. The average molecular weight is 252 g/mol. The molecule has 98 valence electrons. The quantitative estimate of drug-likeness (QED) is 0.744. The molecule has 1 rings (SSSR count). The number of carbonyl (C=O) groups excluding carboxylic acids is 1. The molecule has 18 heavy (non-hydrogen) atoms. The third-order valence-electron chi connectivity index (χ3n) is 2.34. The van der Waals surface area contributed by atoms with Gasteiger partial charge in [-0.1, -0.05) is 13.0 Å². The first kappa shape index (κ1) is 13.8. The minimum absolute atomic E-state index is 0.320. The molecule has 0 aromatic heterocycles. The van der Waals surface area contributed by atoms with Gasteiger partial charge in [0.1, 0.15) is 11.8 Å². The van der Waals surface area contributed by atoms with E-state index in [1.807, 2.05) is 0 Å². The fraction of sp³-hybridized carbons (Fsp3) is 0.333. The Bertz CT molecular complexity index is 434. The van der Waals surface area contributed by atoms with Gasteiger partial charge in [0.2, 0.25) is 0 Å². The molecule has 0 saturated carbocycles. The maximum atomic E-state index is 11.6. The second-order valence-electron chi connectivity index (χ2n) is 3.63. The van der Waals surface area contributed by atoms with E-state index in [9.17, 15) is 9.59 Å². The van der Waals surface area contributed by atoms with Crippen molar-refractivity contribution >= 4 is 17.7 Å². The highest BCUT2D eigenvalue weighted by molar-refractivity contribution is 5.92. The molecule has 0 bridgehead atoms. The van der Waals surface area contributed by atoms with Gasteiger partial charge in [0, 0.05) is 11.8 Å². The fourth-order valence-electron chi connectivity index (χ4n) is 1.36. The van der Waals surface area contributed by atoms with Crippen LogP contribution in [0.15, 0.2) is 24.3 Å². The largest absolute Gasteiger partial charge is 0.497 e. The number of methoxy groups -OCH3 is 1. The van der Waals surface area contributed by atoms with Gasteiger partial charge in [0.15, 0.2) is 0 Å². The molecule has 0 saturated heterocycles. The zero-order chi connectivity index (χ0) is 13.5. The number of anilines is 1. The van der Waals surface area contributed by atoms with E-state index >= 15 is 0 Å². The predicted octanol–water partition coefficient (Wildman–Crippen LogP) is 1.68. The lowest BCUT2D eigenvalue weighted by Gasteiger charge is -2.13. The highest BCUT2D eigenvalue weighted by atomic mass is 16.5. The summed E-state index contributed by atoms with van der Waals surface area (Å²) in [5.74, 6) is -0.448. The molecular weight excluding hydrogens is 236 g/mol. The van der Waals surface area contributed by atoms with Crippen LogP contribution in [0.1, 0.15) is 13.3 Å². The Hall–Kier alpha value is -2.24. The summed E-state index contributed by atoms with van der Waals surface area (Å²) in [5, 5.41) is 13.7. The molecular formula is C12H16N2O4. The minimum atomic E-state index is -1.06. The van der Waals surface area contributed by atoms with Crippen molar-refractivity contribution in [1.29, 1.82) is 0 Å². The molecule has 6 nitrogen and oxygen atoms in total. The van der Waals surface area contributed by atoms with Crippen molar-refractivity contribution < 1.29 is 19.4 Å². The van der Waals surface area contributed by atoms with Crippen molar-refractivity contribution in [3.63, 3.8) is 0 Å². The summed E-state index contributed by atoms with van der Waals surface area (Å²) in [5.41, 5.74) is 0.534. The highest BCUT2D eigenvalue weighted by Crippen LogP contribution is 2.16. The molecule has 3 N–H and O–H groups in total. The van der Waals surface area contributed by atoms with E-state index in [1.54, 1.807) is 31.2 Å². The monoisotopic (exact) mass is 252 g/mol. The Morgan fingerprint density at radius 1 is 1.44 bits per heavy atom. The first-order valence-corrected chi connectivity index (χ1v) is 5.51. The zero-order valence-corrected chi connectivity index (χ0v) is 10.3. The second-order valence-corrected chi connectivity index (χ2v) is 3.63. The fourth-order valence-corrected chi connectivity index (χ4v) is 1.36. The van der Waals surface area contributed by atoms with Crippen LogP contribution in [-0.4, -0.2) is 30.3 Å². The lowest BCUT2D eigenvalue weighted by atomic mass is 10.2. The molecule has 1 aromatic carbocycles. The van der Waals surface area contributed by atoms with Gasteiger partial charge in [0.05, 0.1) is 7.11 Å². The summed E-state index contributed by atoms with van der Waals surface area (Å²) in [6.07, 6.45) is 0.320. The van der Waals surface area contributed by atoms with Crippen molar-refractivity contribution in [2.45, 2.75) is 19.4 Å². The van der Waals surface area contributed by atoms with Crippen LogP contribution >= 0.6 is 0 Å². The number of benzene rings is 1. The molecule has 0 aliphatic rings. The van der Waals surface area contributed by atoms with E-state index in [1.165, 1.54) is 7.11 Å². The molecule has 0 aliphatic carbocycles. The molecule has 1 atom stereocenters. The zero-order valence-electron chi connectivity index (χ0n) is 10.3. The third kappa shape index (κ3) is 3.97. The normalized spacial score (nSPS) is 11.4. The van der Waals surface area contributed by atoms with Crippen LogP contribution in [0.5, 0.6) is 5.75 Å². The first-order chi connectivity index (χ1) is 8.56. The van der Waals surface area contributed by atoms with Gasteiger partial charge in [-0.25, -0.2) is 9.59 Å². The van der Waals surface area contributed by atoms with Crippen molar-refractivity contribution in [3.05, 3.63) is 24.3 Å². The van der Waals surface area contributed by atoms with Crippen LogP contribution in [0, 0.1) is 0 Å². The molecule has 6 heteroatoms.